The van der Waals surface area contributed by atoms with Gasteiger partial charge in [-0.25, -0.2) is 0 Å². The molecule has 7 nitrogen and oxygen atoms in total. The van der Waals surface area contributed by atoms with Crippen LogP contribution in [0.4, 0.5) is 5.69 Å². The zero-order valence-corrected chi connectivity index (χ0v) is 18.0. The van der Waals surface area contributed by atoms with E-state index in [-0.39, 0.29) is 24.0 Å². The molecule has 164 valence electrons. The summed E-state index contributed by atoms with van der Waals surface area (Å²) in [5.74, 6) is 3.90. The zero-order valence-electron chi connectivity index (χ0n) is 18.0. The normalized spacial score (nSPS) is 18.0. The van der Waals surface area contributed by atoms with Crippen molar-refractivity contribution in [1.82, 2.24) is 10.2 Å². The molecule has 0 aromatic heterocycles. The number of piperidine rings is 1. The van der Waals surface area contributed by atoms with E-state index < -0.39 is 29.7 Å². The number of benzene rings is 1. The van der Waals surface area contributed by atoms with E-state index in [4.69, 9.17) is 5.73 Å². The fourth-order valence-electron chi connectivity index (χ4n) is 4.03. The summed E-state index contributed by atoms with van der Waals surface area (Å²) in [6.07, 6.45) is 9.19. The molecular weight excluding hydrogens is 394 g/mol. The molecule has 1 aromatic rings. The number of imide groups is 2. The predicted molar refractivity (Wildman–Crippen MR) is 117 cm³/mol. The Morgan fingerprint density at radius 2 is 1.74 bits per heavy atom. The molecule has 0 spiro atoms. The van der Waals surface area contributed by atoms with E-state index in [9.17, 15) is 19.2 Å². The van der Waals surface area contributed by atoms with Crippen molar-refractivity contribution in [1.29, 1.82) is 0 Å². The van der Waals surface area contributed by atoms with Crippen LogP contribution < -0.4 is 11.1 Å². The van der Waals surface area contributed by atoms with Gasteiger partial charge in [-0.3, -0.25) is 29.4 Å². The number of rotatable bonds is 8. The number of amides is 4. The van der Waals surface area contributed by atoms with Gasteiger partial charge in [0.15, 0.2) is 0 Å². The smallest absolute Gasteiger partial charge is 0.263 e. The van der Waals surface area contributed by atoms with E-state index >= 15 is 0 Å². The zero-order chi connectivity index (χ0) is 22.4. The molecule has 1 saturated heterocycles. The molecule has 1 unspecified atom stereocenters. The van der Waals surface area contributed by atoms with Crippen molar-refractivity contribution in [2.45, 2.75) is 77.2 Å². The van der Waals surface area contributed by atoms with Crippen molar-refractivity contribution in [2.75, 3.05) is 5.73 Å². The minimum absolute atomic E-state index is 0.0804. The lowest BCUT2D eigenvalue weighted by atomic mass is 10.0. The van der Waals surface area contributed by atoms with E-state index in [2.05, 4.69) is 24.1 Å². The highest BCUT2D eigenvalue weighted by Gasteiger charge is 2.45. The Hall–Kier alpha value is -3.14. The molecule has 0 aliphatic carbocycles. The molecule has 4 amide bonds. The highest BCUT2D eigenvalue weighted by atomic mass is 16.2. The molecule has 1 aromatic carbocycles. The summed E-state index contributed by atoms with van der Waals surface area (Å²) in [5, 5.41) is 2.19. The summed E-state index contributed by atoms with van der Waals surface area (Å²) in [6, 6.07) is 2.06. The minimum Gasteiger partial charge on any atom is -0.398 e. The second-order valence-corrected chi connectivity index (χ2v) is 8.07. The Balaban J connectivity index is 1.70. The fourth-order valence-corrected chi connectivity index (χ4v) is 4.03. The maximum Gasteiger partial charge on any atom is 0.263 e. The van der Waals surface area contributed by atoms with Gasteiger partial charge in [-0.1, -0.05) is 57.3 Å². The summed E-state index contributed by atoms with van der Waals surface area (Å²) < 4.78 is 0. The molecule has 31 heavy (non-hydrogen) atoms. The van der Waals surface area contributed by atoms with Crippen LogP contribution in [0.3, 0.4) is 0 Å². The molecule has 2 heterocycles. The van der Waals surface area contributed by atoms with Gasteiger partial charge in [0.2, 0.25) is 11.8 Å². The number of unbranched alkanes of at least 4 members (excludes halogenated alkanes) is 7. The van der Waals surface area contributed by atoms with Crippen molar-refractivity contribution >= 4 is 29.3 Å². The summed E-state index contributed by atoms with van der Waals surface area (Å²) in [6.45, 7) is 2.20. The van der Waals surface area contributed by atoms with E-state index in [1.165, 1.54) is 38.2 Å². The molecule has 0 bridgehead atoms. The quantitative estimate of drug-likeness (QED) is 0.289. The van der Waals surface area contributed by atoms with Crippen LogP contribution in [-0.2, 0) is 9.59 Å². The summed E-state index contributed by atoms with van der Waals surface area (Å²) in [5.41, 5.74) is 7.10. The Bertz CT molecular complexity index is 958. The number of nitrogens with zero attached hydrogens (tertiary/aromatic N) is 1. The first-order chi connectivity index (χ1) is 15.0. The van der Waals surface area contributed by atoms with Gasteiger partial charge in [0.1, 0.15) is 6.04 Å². The van der Waals surface area contributed by atoms with Gasteiger partial charge in [0, 0.05) is 18.5 Å². The van der Waals surface area contributed by atoms with Crippen molar-refractivity contribution < 1.29 is 19.2 Å². The van der Waals surface area contributed by atoms with Crippen LogP contribution in [0.25, 0.3) is 0 Å². The molecule has 0 radical (unpaired) electrons. The van der Waals surface area contributed by atoms with Gasteiger partial charge in [-0.05, 0) is 25.0 Å². The van der Waals surface area contributed by atoms with E-state index in [1.54, 1.807) is 6.07 Å². The standard InChI is InChI=1S/C24H29N3O4/c1-2-3-4-5-6-7-8-9-10-11-16-18(25)13-12-17-21(16)24(31)27(23(17)30)19-14-15-20(28)26-22(19)29/h12-13,19H,2-9,14-15,25H2,1H3,(H,26,28,29). The van der Waals surface area contributed by atoms with Crippen LogP contribution >= 0.6 is 0 Å². The number of anilines is 1. The largest absolute Gasteiger partial charge is 0.398 e. The summed E-state index contributed by atoms with van der Waals surface area (Å²) in [4.78, 5) is 50.5. The molecule has 3 N–H and O–H groups in total. The second-order valence-electron chi connectivity index (χ2n) is 8.07. The Labute approximate surface area is 182 Å². The third-order valence-electron chi connectivity index (χ3n) is 5.76. The van der Waals surface area contributed by atoms with E-state index in [0.717, 1.165) is 17.7 Å². The average Bonchev–Trinajstić information content (AvgIpc) is 2.98. The van der Waals surface area contributed by atoms with E-state index in [0.29, 0.717) is 17.7 Å². The highest BCUT2D eigenvalue weighted by molar-refractivity contribution is 6.24. The summed E-state index contributed by atoms with van der Waals surface area (Å²) >= 11 is 0. The number of nitrogens with one attached hydrogen (secondary N) is 1. The topological polar surface area (TPSA) is 110 Å². The van der Waals surface area contributed by atoms with Crippen LogP contribution in [0, 0.1) is 11.8 Å². The fraction of sp³-hybridized carbons (Fsp3) is 0.500. The van der Waals surface area contributed by atoms with Gasteiger partial charge in [-0.15, -0.1) is 0 Å². The van der Waals surface area contributed by atoms with Gasteiger partial charge < -0.3 is 5.73 Å². The molecule has 2 aliphatic heterocycles. The maximum absolute atomic E-state index is 13.1. The molecule has 1 atom stereocenters. The Morgan fingerprint density at radius 3 is 2.45 bits per heavy atom. The Kier molecular flexibility index (Phi) is 7.45. The summed E-state index contributed by atoms with van der Waals surface area (Å²) in [7, 11) is 0. The van der Waals surface area contributed by atoms with Crippen molar-refractivity contribution in [3.05, 3.63) is 28.8 Å². The monoisotopic (exact) mass is 423 g/mol. The first-order valence-corrected chi connectivity index (χ1v) is 11.1. The SMILES string of the molecule is CCCCCCCCCC#Cc1c(N)ccc2c1C(=O)N(C1CCC(=O)NC1=O)C2=O. The second kappa shape index (κ2) is 10.3. The lowest BCUT2D eigenvalue weighted by Crippen LogP contribution is -2.54. The first kappa shape index (κ1) is 22.5. The number of hydrogen-bond donors (Lipinski definition) is 2. The predicted octanol–water partition coefficient (Wildman–Crippen LogP) is 3.16. The third-order valence-corrected chi connectivity index (χ3v) is 5.76. The van der Waals surface area contributed by atoms with Crippen LogP contribution in [0.15, 0.2) is 12.1 Å². The molecule has 0 saturated carbocycles. The highest BCUT2D eigenvalue weighted by Crippen LogP contribution is 2.32. The molecule has 1 fully saturated rings. The molecule has 2 aliphatic rings. The van der Waals surface area contributed by atoms with Crippen LogP contribution in [0.1, 0.15) is 97.4 Å². The minimum atomic E-state index is -1.00. The van der Waals surface area contributed by atoms with Gasteiger partial charge in [0.25, 0.3) is 11.8 Å². The molecule has 3 rings (SSSR count). The molecular formula is C24H29N3O4. The van der Waals surface area contributed by atoms with Crippen LogP contribution in [0.2, 0.25) is 0 Å². The van der Waals surface area contributed by atoms with Crippen molar-refractivity contribution in [2.24, 2.45) is 0 Å². The maximum atomic E-state index is 13.1. The van der Waals surface area contributed by atoms with Gasteiger partial charge >= 0.3 is 0 Å². The Morgan fingerprint density at radius 1 is 1.03 bits per heavy atom. The van der Waals surface area contributed by atoms with Gasteiger partial charge in [0.05, 0.1) is 16.7 Å². The van der Waals surface area contributed by atoms with Gasteiger partial charge in [-0.2, -0.15) is 0 Å². The first-order valence-electron chi connectivity index (χ1n) is 11.1. The number of fused-ring (bicyclic) bond motifs is 1. The molecule has 7 heteroatoms. The number of carbonyl (C=O) groups excluding carboxylic acids is 4. The average molecular weight is 424 g/mol. The van der Waals surface area contributed by atoms with Crippen molar-refractivity contribution in [3.63, 3.8) is 0 Å². The number of carbonyl (C=O) groups is 4. The van der Waals surface area contributed by atoms with Crippen LogP contribution in [-0.4, -0.2) is 34.6 Å². The lowest BCUT2D eigenvalue weighted by molar-refractivity contribution is -0.136. The van der Waals surface area contributed by atoms with E-state index in [1.807, 2.05) is 0 Å². The van der Waals surface area contributed by atoms with Crippen molar-refractivity contribution in [3.8, 4) is 11.8 Å². The lowest BCUT2D eigenvalue weighted by Gasteiger charge is -2.27. The van der Waals surface area contributed by atoms with Crippen LogP contribution in [0.5, 0.6) is 0 Å². The number of nitrogen functional groups attached to an aromatic ring is 1. The number of hydrogen-bond acceptors (Lipinski definition) is 5. The third kappa shape index (κ3) is 4.96. The number of nitrogens with two attached hydrogens (primary N) is 1.